The predicted octanol–water partition coefficient (Wildman–Crippen LogP) is 2.72. The smallest absolute Gasteiger partial charge is 0.322 e. The minimum Gasteiger partial charge on any atom is -0.467 e. The molecule has 1 aromatic heterocycles. The Balaban J connectivity index is 2.30. The Morgan fingerprint density at radius 1 is 1.28 bits per heavy atom. The van der Waals surface area contributed by atoms with E-state index in [1.807, 2.05) is 0 Å². The Labute approximate surface area is 108 Å². The molecule has 94 valence electrons. The van der Waals surface area contributed by atoms with Crippen LogP contribution in [0.2, 0.25) is 5.28 Å². The lowest BCUT2D eigenvalue weighted by Gasteiger charge is -2.07. The third-order valence-electron chi connectivity index (χ3n) is 2.14. The molecular formula is C11H10ClFN4O. The van der Waals surface area contributed by atoms with Gasteiger partial charge >= 0.3 is 6.01 Å². The summed E-state index contributed by atoms with van der Waals surface area (Å²) in [6.45, 7) is 1.80. The fraction of sp³-hybridized carbons (Fsp3) is 0.182. The van der Waals surface area contributed by atoms with Gasteiger partial charge in [-0.25, -0.2) is 4.39 Å². The number of nitrogens with zero attached hydrogens (tertiary/aromatic N) is 3. The monoisotopic (exact) mass is 268 g/mol. The third-order valence-corrected chi connectivity index (χ3v) is 2.31. The van der Waals surface area contributed by atoms with E-state index in [1.54, 1.807) is 19.1 Å². The number of anilines is 2. The minimum absolute atomic E-state index is 0.0307. The number of benzene rings is 1. The molecule has 1 heterocycles. The molecule has 0 bridgehead atoms. The second kappa shape index (κ2) is 5.14. The van der Waals surface area contributed by atoms with Crippen molar-refractivity contribution in [1.29, 1.82) is 0 Å². The highest BCUT2D eigenvalue weighted by atomic mass is 35.5. The topological polar surface area (TPSA) is 59.9 Å². The second-order valence-electron chi connectivity index (χ2n) is 3.52. The van der Waals surface area contributed by atoms with Crippen LogP contribution in [-0.2, 0) is 0 Å². The van der Waals surface area contributed by atoms with Crippen LogP contribution >= 0.6 is 11.6 Å². The van der Waals surface area contributed by atoms with E-state index in [1.165, 1.54) is 13.2 Å². The van der Waals surface area contributed by atoms with Crippen LogP contribution in [0, 0.1) is 12.7 Å². The van der Waals surface area contributed by atoms with Gasteiger partial charge < -0.3 is 10.1 Å². The van der Waals surface area contributed by atoms with Crippen molar-refractivity contribution in [2.75, 3.05) is 12.4 Å². The van der Waals surface area contributed by atoms with Crippen LogP contribution in [0.4, 0.5) is 16.0 Å². The molecule has 1 N–H and O–H groups in total. The van der Waals surface area contributed by atoms with Gasteiger partial charge in [0.25, 0.3) is 0 Å². The summed E-state index contributed by atoms with van der Waals surface area (Å²) in [4.78, 5) is 11.4. The first-order chi connectivity index (χ1) is 8.58. The van der Waals surface area contributed by atoms with Crippen molar-refractivity contribution in [3.05, 3.63) is 34.9 Å². The normalized spacial score (nSPS) is 10.2. The zero-order chi connectivity index (χ0) is 13.1. The number of hydrogen-bond acceptors (Lipinski definition) is 5. The van der Waals surface area contributed by atoms with Gasteiger partial charge in [0, 0.05) is 0 Å². The Hall–Kier alpha value is -1.95. The molecule has 0 saturated heterocycles. The van der Waals surface area contributed by atoms with E-state index in [-0.39, 0.29) is 22.9 Å². The maximum absolute atomic E-state index is 13.6. The molecule has 2 rings (SSSR count). The molecule has 1 aromatic carbocycles. The van der Waals surface area contributed by atoms with E-state index >= 15 is 0 Å². The van der Waals surface area contributed by atoms with Crippen molar-refractivity contribution in [1.82, 2.24) is 15.0 Å². The largest absolute Gasteiger partial charge is 0.467 e. The van der Waals surface area contributed by atoms with Crippen LogP contribution in [0.15, 0.2) is 18.2 Å². The molecule has 18 heavy (non-hydrogen) atoms. The average Bonchev–Trinajstić information content (AvgIpc) is 2.32. The third kappa shape index (κ3) is 2.84. The van der Waals surface area contributed by atoms with Gasteiger partial charge in [0.05, 0.1) is 12.8 Å². The molecule has 0 amide bonds. The summed E-state index contributed by atoms with van der Waals surface area (Å²) in [5.74, 6) is -0.278. The number of nitrogens with one attached hydrogen (secondary N) is 1. The lowest BCUT2D eigenvalue weighted by atomic mass is 10.2. The molecule has 0 aliphatic heterocycles. The Morgan fingerprint density at radius 3 is 2.72 bits per heavy atom. The summed E-state index contributed by atoms with van der Waals surface area (Å²) in [6, 6.07) is 4.83. The molecule has 0 atom stereocenters. The van der Waals surface area contributed by atoms with Gasteiger partial charge in [-0.2, -0.15) is 15.0 Å². The Bertz CT molecular complexity index is 579. The molecule has 5 nitrogen and oxygen atoms in total. The van der Waals surface area contributed by atoms with Crippen LogP contribution < -0.4 is 10.1 Å². The fourth-order valence-electron chi connectivity index (χ4n) is 1.32. The molecule has 0 fully saturated rings. The summed E-state index contributed by atoms with van der Waals surface area (Å²) < 4.78 is 18.5. The molecule has 0 aliphatic rings. The highest BCUT2D eigenvalue weighted by Crippen LogP contribution is 2.20. The van der Waals surface area contributed by atoms with Crippen LogP contribution in [0.5, 0.6) is 6.01 Å². The van der Waals surface area contributed by atoms with Crippen molar-refractivity contribution in [3.63, 3.8) is 0 Å². The molecular weight excluding hydrogens is 259 g/mol. The van der Waals surface area contributed by atoms with Gasteiger partial charge in [-0.1, -0.05) is 6.07 Å². The first kappa shape index (κ1) is 12.5. The fourth-order valence-corrected chi connectivity index (χ4v) is 1.47. The second-order valence-corrected chi connectivity index (χ2v) is 3.86. The number of methoxy groups -OCH3 is 1. The van der Waals surface area contributed by atoms with Crippen LogP contribution in [0.25, 0.3) is 0 Å². The first-order valence-corrected chi connectivity index (χ1v) is 5.45. The van der Waals surface area contributed by atoms with Crippen LogP contribution in [0.3, 0.4) is 0 Å². The number of aryl methyl sites for hydroxylation is 1. The maximum atomic E-state index is 13.6. The Kier molecular flexibility index (Phi) is 3.57. The SMILES string of the molecule is COc1nc(Cl)nc(Nc2ccc(C)cc2F)n1. The summed E-state index contributed by atoms with van der Waals surface area (Å²) in [6.07, 6.45) is 0. The van der Waals surface area contributed by atoms with Crippen molar-refractivity contribution in [3.8, 4) is 6.01 Å². The number of rotatable bonds is 3. The number of aromatic nitrogens is 3. The van der Waals surface area contributed by atoms with E-state index < -0.39 is 5.82 Å². The Morgan fingerprint density at radius 2 is 2.06 bits per heavy atom. The highest BCUT2D eigenvalue weighted by Gasteiger charge is 2.08. The number of hydrogen-bond donors (Lipinski definition) is 1. The standard InChI is InChI=1S/C11H10ClFN4O/c1-6-3-4-8(7(13)5-6)14-10-15-9(12)16-11(17-10)18-2/h3-5H,1-2H3,(H,14,15,16,17). The zero-order valence-corrected chi connectivity index (χ0v) is 10.5. The summed E-state index contributed by atoms with van der Waals surface area (Å²) in [7, 11) is 1.40. The molecule has 0 unspecified atom stereocenters. The van der Waals surface area contributed by atoms with Crippen molar-refractivity contribution in [2.24, 2.45) is 0 Å². The van der Waals surface area contributed by atoms with Crippen molar-refractivity contribution in [2.45, 2.75) is 6.92 Å². The first-order valence-electron chi connectivity index (χ1n) is 5.07. The van der Waals surface area contributed by atoms with Crippen LogP contribution in [-0.4, -0.2) is 22.1 Å². The van der Waals surface area contributed by atoms with E-state index in [2.05, 4.69) is 20.3 Å². The molecule has 0 spiro atoms. The summed E-state index contributed by atoms with van der Waals surface area (Å²) in [5, 5.41) is 2.68. The van der Waals surface area contributed by atoms with Crippen molar-refractivity contribution < 1.29 is 9.13 Å². The van der Waals surface area contributed by atoms with E-state index in [4.69, 9.17) is 16.3 Å². The van der Waals surface area contributed by atoms with Crippen LogP contribution in [0.1, 0.15) is 5.56 Å². The molecule has 0 aliphatic carbocycles. The van der Waals surface area contributed by atoms with Gasteiger partial charge in [0.15, 0.2) is 0 Å². The minimum atomic E-state index is -0.398. The summed E-state index contributed by atoms with van der Waals surface area (Å²) >= 11 is 5.68. The maximum Gasteiger partial charge on any atom is 0.322 e. The molecule has 7 heteroatoms. The van der Waals surface area contributed by atoms with Gasteiger partial charge in [-0.3, -0.25) is 0 Å². The van der Waals surface area contributed by atoms with Gasteiger partial charge in [0.2, 0.25) is 11.2 Å². The van der Waals surface area contributed by atoms with Gasteiger partial charge in [-0.05, 0) is 36.2 Å². The van der Waals surface area contributed by atoms with Gasteiger partial charge in [0.1, 0.15) is 5.82 Å². The molecule has 0 radical (unpaired) electrons. The van der Waals surface area contributed by atoms with Gasteiger partial charge in [-0.15, -0.1) is 0 Å². The zero-order valence-electron chi connectivity index (χ0n) is 9.74. The lowest BCUT2D eigenvalue weighted by molar-refractivity contribution is 0.379. The highest BCUT2D eigenvalue weighted by molar-refractivity contribution is 6.28. The molecule has 2 aromatic rings. The quantitative estimate of drug-likeness (QED) is 0.927. The lowest BCUT2D eigenvalue weighted by Crippen LogP contribution is -2.03. The van der Waals surface area contributed by atoms with E-state index in [9.17, 15) is 4.39 Å². The van der Waals surface area contributed by atoms with Crippen molar-refractivity contribution >= 4 is 23.2 Å². The molecule has 0 saturated carbocycles. The number of ether oxygens (including phenoxy) is 1. The number of halogens is 2. The predicted molar refractivity (Wildman–Crippen MR) is 65.8 cm³/mol. The van der Waals surface area contributed by atoms with E-state index in [0.29, 0.717) is 0 Å². The summed E-state index contributed by atoms with van der Waals surface area (Å²) in [5.41, 5.74) is 1.08. The van der Waals surface area contributed by atoms with E-state index in [0.717, 1.165) is 5.56 Å². The average molecular weight is 269 g/mol.